The van der Waals surface area contributed by atoms with E-state index in [1.807, 2.05) is 0 Å². The van der Waals surface area contributed by atoms with Gasteiger partial charge >= 0.3 is 18.2 Å². The number of carbonyl (C=O) groups excluding carboxylic acids is 2. The number of alkyl halides is 3. The van der Waals surface area contributed by atoms with E-state index in [4.69, 9.17) is 14.2 Å². The molecule has 0 unspecified atom stereocenters. The molecule has 3 rings (SSSR count). The normalized spacial score (nSPS) is 13.1. The first-order valence-electron chi connectivity index (χ1n) is 10.0. The van der Waals surface area contributed by atoms with Gasteiger partial charge in [-0.15, -0.1) is 0 Å². The van der Waals surface area contributed by atoms with Crippen molar-refractivity contribution >= 4 is 22.8 Å². The summed E-state index contributed by atoms with van der Waals surface area (Å²) in [5.74, 6) is -1.95. The molecule has 0 saturated carbocycles. The second-order valence-electron chi connectivity index (χ2n) is 7.02. The summed E-state index contributed by atoms with van der Waals surface area (Å²) in [6.45, 7) is 0.730. The highest BCUT2D eigenvalue weighted by atomic mass is 19.4. The first-order valence-corrected chi connectivity index (χ1v) is 10.0. The first-order chi connectivity index (χ1) is 15.7. The number of carbonyl (C=O) groups is 2. The van der Waals surface area contributed by atoms with Gasteiger partial charge in [0, 0.05) is 5.56 Å². The highest BCUT2D eigenvalue weighted by molar-refractivity contribution is 5.98. The number of hydrogen-bond acceptors (Lipinski definition) is 5. The molecule has 1 N–H and O–H groups in total. The molecule has 174 valence electrons. The number of halogens is 3. The quantitative estimate of drug-likeness (QED) is 0.496. The van der Waals surface area contributed by atoms with Crippen molar-refractivity contribution < 1.29 is 37.0 Å². The molecule has 0 aromatic heterocycles. The molecular weight excluding hydrogens is 439 g/mol. The molecule has 33 heavy (non-hydrogen) atoms. The summed E-state index contributed by atoms with van der Waals surface area (Å²) in [5, 5.41) is 2.24. The number of rotatable bonds is 7. The van der Waals surface area contributed by atoms with Crippen molar-refractivity contribution in [3.8, 4) is 5.75 Å². The number of fused-ring (bicyclic) bond motifs is 1. The van der Waals surface area contributed by atoms with E-state index in [1.165, 1.54) is 32.2 Å². The Morgan fingerprint density at radius 1 is 0.909 bits per heavy atom. The van der Waals surface area contributed by atoms with Crippen LogP contribution in [0.4, 0.5) is 18.0 Å². The lowest BCUT2D eigenvalue weighted by Gasteiger charge is -2.35. The van der Waals surface area contributed by atoms with Gasteiger partial charge in [0.2, 0.25) is 0 Å². The van der Waals surface area contributed by atoms with Crippen molar-refractivity contribution in [3.63, 3.8) is 0 Å². The van der Waals surface area contributed by atoms with Crippen LogP contribution in [0.3, 0.4) is 0 Å². The summed E-state index contributed by atoms with van der Waals surface area (Å²) in [6, 6.07) is 17.4. The van der Waals surface area contributed by atoms with Crippen LogP contribution >= 0.6 is 0 Å². The monoisotopic (exact) mass is 461 g/mol. The lowest BCUT2D eigenvalue weighted by Crippen LogP contribution is -2.62. The zero-order chi connectivity index (χ0) is 24.1. The van der Waals surface area contributed by atoms with Crippen molar-refractivity contribution in [2.45, 2.75) is 25.2 Å². The Kier molecular flexibility index (Phi) is 7.10. The fourth-order valence-corrected chi connectivity index (χ4v) is 3.50. The van der Waals surface area contributed by atoms with Gasteiger partial charge in [-0.2, -0.15) is 13.2 Å². The minimum atomic E-state index is -5.30. The number of amides is 1. The molecule has 6 nitrogen and oxygen atoms in total. The van der Waals surface area contributed by atoms with Gasteiger partial charge in [-0.25, -0.2) is 9.59 Å². The van der Waals surface area contributed by atoms with Gasteiger partial charge in [0.1, 0.15) is 12.4 Å². The number of methoxy groups -OCH3 is 1. The number of esters is 1. The molecule has 0 bridgehead atoms. The maximum absolute atomic E-state index is 14.8. The maximum Gasteiger partial charge on any atom is 0.427 e. The van der Waals surface area contributed by atoms with E-state index in [2.05, 4.69) is 0 Å². The highest BCUT2D eigenvalue weighted by Gasteiger charge is 2.66. The zero-order valence-corrected chi connectivity index (χ0v) is 17.9. The van der Waals surface area contributed by atoms with E-state index in [9.17, 15) is 22.8 Å². The molecule has 0 heterocycles. The first kappa shape index (κ1) is 23.9. The van der Waals surface area contributed by atoms with E-state index in [-0.39, 0.29) is 24.3 Å². The summed E-state index contributed by atoms with van der Waals surface area (Å²) in [4.78, 5) is 25.6. The summed E-state index contributed by atoms with van der Waals surface area (Å²) >= 11 is 0. The zero-order valence-electron chi connectivity index (χ0n) is 17.9. The third kappa shape index (κ3) is 4.72. The van der Waals surface area contributed by atoms with Gasteiger partial charge in [-0.05, 0) is 29.3 Å². The summed E-state index contributed by atoms with van der Waals surface area (Å²) < 4.78 is 59.4. The number of ether oxygens (including phenoxy) is 3. The summed E-state index contributed by atoms with van der Waals surface area (Å²) in [7, 11) is 1.17. The van der Waals surface area contributed by atoms with Crippen molar-refractivity contribution in [1.82, 2.24) is 5.32 Å². The Hall–Kier alpha value is -3.75. The molecule has 0 spiro atoms. The standard InChI is InChI=1S/C24H22F3NO5/c1-3-32-21(29)23(24(25,26)27,28-22(30)33-15-16-9-5-4-6-10-16)20-18-12-8-7-11-17(18)13-14-19(20)31-2/h4-14H,3,15H2,1-2H3,(H,28,30)/t23-/m0/s1. The third-order valence-electron chi connectivity index (χ3n) is 4.99. The molecule has 0 radical (unpaired) electrons. The van der Waals surface area contributed by atoms with Gasteiger partial charge in [-0.3, -0.25) is 5.32 Å². The maximum atomic E-state index is 14.8. The molecule has 0 aliphatic carbocycles. The van der Waals surface area contributed by atoms with Crippen LogP contribution in [-0.2, 0) is 26.4 Å². The molecule has 0 fully saturated rings. The van der Waals surface area contributed by atoms with Crippen LogP contribution in [0.2, 0.25) is 0 Å². The fourth-order valence-electron chi connectivity index (χ4n) is 3.50. The Morgan fingerprint density at radius 3 is 2.21 bits per heavy atom. The van der Waals surface area contributed by atoms with Gasteiger partial charge in [0.15, 0.2) is 0 Å². The number of nitrogens with one attached hydrogen (secondary N) is 1. The van der Waals surface area contributed by atoms with Crippen LogP contribution < -0.4 is 10.1 Å². The average molecular weight is 461 g/mol. The molecule has 3 aromatic rings. The van der Waals surface area contributed by atoms with E-state index in [1.54, 1.807) is 53.8 Å². The second kappa shape index (κ2) is 9.81. The van der Waals surface area contributed by atoms with Crippen molar-refractivity contribution in [1.29, 1.82) is 0 Å². The van der Waals surface area contributed by atoms with Gasteiger partial charge in [0.05, 0.1) is 13.7 Å². The lowest BCUT2D eigenvalue weighted by atomic mass is 9.84. The third-order valence-corrected chi connectivity index (χ3v) is 4.99. The van der Waals surface area contributed by atoms with E-state index in [0.29, 0.717) is 10.9 Å². The fraction of sp³-hybridized carbons (Fsp3) is 0.250. The summed E-state index contributed by atoms with van der Waals surface area (Å²) in [6.07, 6.45) is -6.75. The predicted molar refractivity (Wildman–Crippen MR) is 115 cm³/mol. The van der Waals surface area contributed by atoms with Crippen molar-refractivity contribution in [2.24, 2.45) is 0 Å². The molecule has 0 aliphatic rings. The molecular formula is C24H22F3NO5. The van der Waals surface area contributed by atoms with Gasteiger partial charge < -0.3 is 14.2 Å². The Bertz CT molecular complexity index is 1130. The smallest absolute Gasteiger partial charge is 0.427 e. The molecule has 0 saturated heterocycles. The lowest BCUT2D eigenvalue weighted by molar-refractivity contribution is -0.215. The van der Waals surface area contributed by atoms with E-state index < -0.39 is 29.3 Å². The van der Waals surface area contributed by atoms with E-state index >= 15 is 0 Å². The molecule has 9 heteroatoms. The van der Waals surface area contributed by atoms with Crippen LogP contribution in [0.5, 0.6) is 5.75 Å². The number of alkyl carbamates (subject to hydrolysis) is 1. The Labute approximate surface area is 188 Å². The van der Waals surface area contributed by atoms with Crippen molar-refractivity contribution in [2.75, 3.05) is 13.7 Å². The second-order valence-corrected chi connectivity index (χ2v) is 7.02. The minimum absolute atomic E-state index is 0.0607. The van der Waals surface area contributed by atoms with Crippen LogP contribution in [-0.4, -0.2) is 32.0 Å². The van der Waals surface area contributed by atoms with E-state index in [0.717, 1.165) is 0 Å². The van der Waals surface area contributed by atoms with Crippen LogP contribution in [0, 0.1) is 0 Å². The highest BCUT2D eigenvalue weighted by Crippen LogP contribution is 2.47. The van der Waals surface area contributed by atoms with Crippen LogP contribution in [0.1, 0.15) is 18.1 Å². The summed E-state index contributed by atoms with van der Waals surface area (Å²) in [5.41, 5.74) is -3.61. The van der Waals surface area contributed by atoms with Crippen LogP contribution in [0.15, 0.2) is 66.7 Å². The minimum Gasteiger partial charge on any atom is -0.496 e. The Morgan fingerprint density at radius 2 is 1.58 bits per heavy atom. The predicted octanol–water partition coefficient (Wildman–Crippen LogP) is 5.10. The number of benzene rings is 3. The van der Waals surface area contributed by atoms with Gasteiger partial charge in [0.25, 0.3) is 5.54 Å². The topological polar surface area (TPSA) is 73.9 Å². The SMILES string of the molecule is CCOC(=O)[C@@](NC(=O)OCc1ccccc1)(c1c(OC)ccc2ccccc12)C(F)(F)F. The molecule has 0 aliphatic heterocycles. The largest absolute Gasteiger partial charge is 0.496 e. The van der Waals surface area contributed by atoms with Crippen molar-refractivity contribution in [3.05, 3.63) is 77.9 Å². The van der Waals surface area contributed by atoms with Gasteiger partial charge in [-0.1, -0.05) is 60.7 Å². The number of hydrogen-bond donors (Lipinski definition) is 1. The average Bonchev–Trinajstić information content (AvgIpc) is 2.80. The van der Waals surface area contributed by atoms with Crippen LogP contribution in [0.25, 0.3) is 10.8 Å². The molecule has 1 amide bonds. The Balaban J connectivity index is 2.17. The molecule has 1 atom stereocenters. The molecule has 3 aromatic carbocycles.